The molecule has 0 unspecified atom stereocenters. The van der Waals surface area contributed by atoms with E-state index in [-0.39, 0.29) is 12.0 Å². The van der Waals surface area contributed by atoms with Gasteiger partial charge in [-0.2, -0.15) is 0 Å². The van der Waals surface area contributed by atoms with Gasteiger partial charge in [-0.05, 0) is 6.92 Å². The van der Waals surface area contributed by atoms with E-state index in [4.69, 9.17) is 16.6 Å². The average Bonchev–Trinajstić information content (AvgIpc) is 2.02. The Hall–Kier alpha value is -1.18. The molecule has 0 aliphatic carbocycles. The quantitative estimate of drug-likeness (QED) is 0.420. The Kier molecular flexibility index (Phi) is 7.01. The van der Waals surface area contributed by atoms with Gasteiger partial charge in [0.05, 0.1) is 6.54 Å². The first-order valence-corrected chi connectivity index (χ1v) is 3.37. The van der Waals surface area contributed by atoms with E-state index in [1.165, 1.54) is 6.92 Å². The van der Waals surface area contributed by atoms with Gasteiger partial charge in [0.1, 0.15) is 12.1 Å². The Morgan fingerprint density at radius 3 is 2.31 bits per heavy atom. The second-order valence-electron chi connectivity index (χ2n) is 2.26. The summed E-state index contributed by atoms with van der Waals surface area (Å²) >= 11 is 0. The number of aliphatic carboxylic acids is 1. The van der Waals surface area contributed by atoms with Gasteiger partial charge in [0.2, 0.25) is 0 Å². The first-order chi connectivity index (χ1) is 5.49. The molecule has 7 N–H and O–H groups in total. The second kappa shape index (κ2) is 6.35. The minimum Gasteiger partial charge on any atom is -0.480 e. The molecule has 0 rings (SSSR count). The zero-order chi connectivity index (χ0) is 9.72. The van der Waals surface area contributed by atoms with Crippen molar-refractivity contribution in [2.24, 2.45) is 11.5 Å². The number of carbonyl (C=O) groups excluding carboxylic acids is 1. The molecular weight excluding hydrogens is 180 g/mol. The maximum absolute atomic E-state index is 10.6. The SMILES string of the molecule is C[C@@H](OC(=O)CN)[C@H](N)C(=O)O.O. The molecule has 2 atom stereocenters. The number of hydrogen-bond donors (Lipinski definition) is 3. The van der Waals surface area contributed by atoms with Gasteiger partial charge in [-0.25, -0.2) is 0 Å². The van der Waals surface area contributed by atoms with E-state index in [0.29, 0.717) is 0 Å². The third kappa shape index (κ3) is 5.12. The monoisotopic (exact) mass is 194 g/mol. The second-order valence-corrected chi connectivity index (χ2v) is 2.26. The van der Waals surface area contributed by atoms with Crippen LogP contribution < -0.4 is 11.5 Å². The molecule has 0 aromatic heterocycles. The fraction of sp³-hybridized carbons (Fsp3) is 0.667. The minimum atomic E-state index is -1.22. The molecule has 0 spiro atoms. The van der Waals surface area contributed by atoms with Crippen LogP contribution in [0, 0.1) is 0 Å². The zero-order valence-electron chi connectivity index (χ0n) is 7.19. The van der Waals surface area contributed by atoms with Gasteiger partial charge in [0.25, 0.3) is 0 Å². The summed E-state index contributed by atoms with van der Waals surface area (Å²) in [6.07, 6.45) is -0.862. The van der Waals surface area contributed by atoms with E-state index in [1.807, 2.05) is 0 Å². The van der Waals surface area contributed by atoms with Crippen molar-refractivity contribution in [2.75, 3.05) is 6.54 Å². The molecule has 0 bridgehead atoms. The van der Waals surface area contributed by atoms with Crippen molar-refractivity contribution in [1.29, 1.82) is 0 Å². The van der Waals surface area contributed by atoms with Crippen LogP contribution >= 0.6 is 0 Å². The van der Waals surface area contributed by atoms with Gasteiger partial charge in [0, 0.05) is 0 Å². The van der Waals surface area contributed by atoms with Crippen LogP contribution in [-0.4, -0.2) is 41.2 Å². The molecule has 7 heteroatoms. The van der Waals surface area contributed by atoms with E-state index in [0.717, 1.165) is 0 Å². The first-order valence-electron chi connectivity index (χ1n) is 3.37. The molecular formula is C6H14N2O5. The van der Waals surface area contributed by atoms with Crippen LogP contribution in [0.1, 0.15) is 6.92 Å². The van der Waals surface area contributed by atoms with Gasteiger partial charge in [-0.3, -0.25) is 9.59 Å². The Morgan fingerprint density at radius 2 is 2.00 bits per heavy atom. The van der Waals surface area contributed by atoms with Crippen molar-refractivity contribution in [1.82, 2.24) is 0 Å². The maximum atomic E-state index is 10.6. The van der Waals surface area contributed by atoms with Crippen molar-refractivity contribution >= 4 is 11.9 Å². The highest BCUT2D eigenvalue weighted by atomic mass is 16.5. The molecule has 0 heterocycles. The normalized spacial score (nSPS) is 13.8. The van der Waals surface area contributed by atoms with Crippen LogP contribution in [-0.2, 0) is 14.3 Å². The van der Waals surface area contributed by atoms with Crippen LogP contribution in [0.5, 0.6) is 0 Å². The van der Waals surface area contributed by atoms with Gasteiger partial charge in [0.15, 0.2) is 0 Å². The molecule has 0 saturated carbocycles. The average molecular weight is 194 g/mol. The van der Waals surface area contributed by atoms with Gasteiger partial charge in [-0.1, -0.05) is 0 Å². The fourth-order valence-electron chi connectivity index (χ4n) is 0.530. The number of carboxylic acids is 1. The highest BCUT2D eigenvalue weighted by Crippen LogP contribution is 1.96. The predicted molar refractivity (Wildman–Crippen MR) is 43.8 cm³/mol. The van der Waals surface area contributed by atoms with Gasteiger partial charge < -0.3 is 26.8 Å². The van der Waals surface area contributed by atoms with E-state index in [1.54, 1.807) is 0 Å². The third-order valence-corrected chi connectivity index (χ3v) is 1.27. The van der Waals surface area contributed by atoms with Crippen LogP contribution in [0.25, 0.3) is 0 Å². The Bertz CT molecular complexity index is 184. The van der Waals surface area contributed by atoms with Crippen molar-refractivity contribution < 1.29 is 24.9 Å². The number of esters is 1. The number of nitrogens with two attached hydrogens (primary N) is 2. The van der Waals surface area contributed by atoms with Crippen LogP contribution in [0.3, 0.4) is 0 Å². The molecule has 0 aliphatic rings. The maximum Gasteiger partial charge on any atom is 0.324 e. The summed E-state index contributed by atoms with van der Waals surface area (Å²) in [4.78, 5) is 20.8. The smallest absolute Gasteiger partial charge is 0.324 e. The highest BCUT2D eigenvalue weighted by Gasteiger charge is 2.22. The topological polar surface area (TPSA) is 147 Å². The molecule has 0 radical (unpaired) electrons. The molecule has 0 amide bonds. The molecule has 0 aromatic rings. The lowest BCUT2D eigenvalue weighted by Crippen LogP contribution is -2.43. The summed E-state index contributed by atoms with van der Waals surface area (Å²) < 4.78 is 4.55. The largest absolute Gasteiger partial charge is 0.480 e. The lowest BCUT2D eigenvalue weighted by molar-refractivity contribution is -0.152. The number of carbonyl (C=O) groups is 2. The van der Waals surface area contributed by atoms with Crippen LogP contribution in [0.2, 0.25) is 0 Å². The fourth-order valence-corrected chi connectivity index (χ4v) is 0.530. The summed E-state index contributed by atoms with van der Waals surface area (Å²) in [5, 5.41) is 8.39. The Labute approximate surface area is 75.0 Å². The third-order valence-electron chi connectivity index (χ3n) is 1.27. The van der Waals surface area contributed by atoms with E-state index in [9.17, 15) is 9.59 Å². The van der Waals surface area contributed by atoms with Crippen molar-refractivity contribution in [3.63, 3.8) is 0 Å². The standard InChI is InChI=1S/C6H12N2O4.H2O/c1-3(5(8)6(10)11)12-4(9)2-7;/h3,5H,2,7-8H2,1H3,(H,10,11);1H2/t3-,5+;/m1./s1. The lowest BCUT2D eigenvalue weighted by atomic mass is 10.2. The summed E-state index contributed by atoms with van der Waals surface area (Å²) in [7, 11) is 0. The van der Waals surface area contributed by atoms with Gasteiger partial charge in [-0.15, -0.1) is 0 Å². The lowest BCUT2D eigenvalue weighted by Gasteiger charge is -2.15. The van der Waals surface area contributed by atoms with Crippen LogP contribution in [0.15, 0.2) is 0 Å². The van der Waals surface area contributed by atoms with Crippen molar-refractivity contribution in [3.05, 3.63) is 0 Å². The Morgan fingerprint density at radius 1 is 1.54 bits per heavy atom. The van der Waals surface area contributed by atoms with E-state index >= 15 is 0 Å². The van der Waals surface area contributed by atoms with Gasteiger partial charge >= 0.3 is 11.9 Å². The molecule has 0 fully saturated rings. The van der Waals surface area contributed by atoms with Crippen molar-refractivity contribution in [2.45, 2.75) is 19.1 Å². The summed E-state index contributed by atoms with van der Waals surface area (Å²) in [6.45, 7) is 1.11. The first kappa shape index (κ1) is 14.3. The predicted octanol–water partition coefficient (Wildman–Crippen LogP) is -2.54. The molecule has 7 nitrogen and oxygen atoms in total. The highest BCUT2D eigenvalue weighted by molar-refractivity contribution is 5.76. The van der Waals surface area contributed by atoms with E-state index in [2.05, 4.69) is 4.74 Å². The number of hydrogen-bond acceptors (Lipinski definition) is 5. The molecule has 78 valence electrons. The molecule has 0 aromatic carbocycles. The Balaban J connectivity index is 0. The summed E-state index contributed by atoms with van der Waals surface area (Å²) in [5.41, 5.74) is 10.1. The molecule has 13 heavy (non-hydrogen) atoms. The number of carboxylic acid groups (broad SMARTS) is 1. The molecule has 0 aliphatic heterocycles. The van der Waals surface area contributed by atoms with Crippen LogP contribution in [0.4, 0.5) is 0 Å². The minimum absolute atomic E-state index is 0. The number of ether oxygens (including phenoxy) is 1. The molecule has 0 saturated heterocycles. The van der Waals surface area contributed by atoms with Crippen molar-refractivity contribution in [3.8, 4) is 0 Å². The number of rotatable bonds is 4. The zero-order valence-corrected chi connectivity index (χ0v) is 7.19. The summed E-state index contributed by atoms with van der Waals surface area (Å²) in [6, 6.07) is -1.21. The van der Waals surface area contributed by atoms with E-state index < -0.39 is 24.1 Å². The summed E-state index contributed by atoms with van der Waals surface area (Å²) in [5.74, 6) is -1.88.